The van der Waals surface area contributed by atoms with Crippen molar-refractivity contribution in [3.63, 3.8) is 0 Å². The summed E-state index contributed by atoms with van der Waals surface area (Å²) in [5.74, 6) is 0. The molecule has 0 atom stereocenters. The number of benzene rings is 5. The van der Waals surface area contributed by atoms with Gasteiger partial charge in [-0.1, -0.05) is 84.9 Å². The van der Waals surface area contributed by atoms with E-state index in [0.29, 0.717) is 0 Å². The Bertz CT molecular complexity index is 1310. The summed E-state index contributed by atoms with van der Waals surface area (Å²) in [6, 6.07) is 34.7. The van der Waals surface area contributed by atoms with E-state index in [2.05, 4.69) is 102 Å². The molecule has 0 heterocycles. The van der Waals surface area contributed by atoms with Gasteiger partial charge in [-0.2, -0.15) is 0 Å². The molecule has 0 radical (unpaired) electrons. The molecule has 0 fully saturated rings. The minimum Gasteiger partial charge on any atom is -0.355 e. The SMILES string of the molecule is c1ccc2c(c1)-c1cccc3c(Nc4cccc5ccccc45)ccc-2c13. The lowest BCUT2D eigenvalue weighted by atomic mass is 10.0. The van der Waals surface area contributed by atoms with E-state index >= 15 is 0 Å². The summed E-state index contributed by atoms with van der Waals surface area (Å²) in [6.07, 6.45) is 0. The average Bonchev–Trinajstić information content (AvgIpc) is 3.06. The van der Waals surface area contributed by atoms with Gasteiger partial charge in [0.2, 0.25) is 0 Å². The van der Waals surface area contributed by atoms with Gasteiger partial charge in [-0.3, -0.25) is 0 Å². The van der Waals surface area contributed by atoms with Gasteiger partial charge < -0.3 is 5.32 Å². The lowest BCUT2D eigenvalue weighted by Crippen LogP contribution is -1.93. The van der Waals surface area contributed by atoms with Gasteiger partial charge in [-0.05, 0) is 45.2 Å². The predicted molar refractivity (Wildman–Crippen MR) is 116 cm³/mol. The first kappa shape index (κ1) is 14.6. The van der Waals surface area contributed by atoms with E-state index in [1.807, 2.05) is 0 Å². The Morgan fingerprint density at radius 2 is 1.00 bits per heavy atom. The van der Waals surface area contributed by atoms with Gasteiger partial charge in [-0.25, -0.2) is 0 Å². The third kappa shape index (κ3) is 2.06. The van der Waals surface area contributed by atoms with E-state index in [0.717, 1.165) is 11.4 Å². The zero-order valence-electron chi connectivity index (χ0n) is 14.7. The first-order chi connectivity index (χ1) is 13.4. The van der Waals surface area contributed by atoms with Crippen molar-refractivity contribution >= 4 is 32.9 Å². The highest BCUT2D eigenvalue weighted by atomic mass is 14.9. The molecular weight excluding hydrogens is 326 g/mol. The van der Waals surface area contributed by atoms with E-state index < -0.39 is 0 Å². The molecule has 0 unspecified atom stereocenters. The van der Waals surface area contributed by atoms with Crippen LogP contribution in [0.4, 0.5) is 11.4 Å². The fraction of sp³-hybridized carbons (Fsp3) is 0. The molecule has 1 aliphatic carbocycles. The fourth-order valence-electron chi connectivity index (χ4n) is 4.40. The topological polar surface area (TPSA) is 12.0 Å². The zero-order chi connectivity index (χ0) is 17.8. The second-order valence-corrected chi connectivity index (χ2v) is 7.09. The molecule has 27 heavy (non-hydrogen) atoms. The Kier molecular flexibility index (Phi) is 2.95. The summed E-state index contributed by atoms with van der Waals surface area (Å²) in [5, 5.41) is 8.82. The van der Waals surface area contributed by atoms with Crippen LogP contribution in [-0.2, 0) is 0 Å². The molecule has 126 valence electrons. The fourth-order valence-corrected chi connectivity index (χ4v) is 4.40. The van der Waals surface area contributed by atoms with Gasteiger partial charge in [0.15, 0.2) is 0 Å². The van der Waals surface area contributed by atoms with Crippen LogP contribution in [0.5, 0.6) is 0 Å². The monoisotopic (exact) mass is 343 g/mol. The maximum absolute atomic E-state index is 3.70. The first-order valence-electron chi connectivity index (χ1n) is 9.30. The van der Waals surface area contributed by atoms with Crippen LogP contribution in [0.15, 0.2) is 97.1 Å². The van der Waals surface area contributed by atoms with Crippen molar-refractivity contribution in [1.82, 2.24) is 0 Å². The molecule has 5 aromatic carbocycles. The van der Waals surface area contributed by atoms with E-state index in [9.17, 15) is 0 Å². The molecule has 1 nitrogen and oxygen atoms in total. The Balaban J connectivity index is 1.58. The average molecular weight is 343 g/mol. The number of hydrogen-bond acceptors (Lipinski definition) is 1. The molecule has 1 heteroatoms. The van der Waals surface area contributed by atoms with Crippen molar-refractivity contribution in [1.29, 1.82) is 0 Å². The van der Waals surface area contributed by atoms with E-state index in [-0.39, 0.29) is 0 Å². The molecule has 5 aromatic rings. The molecule has 0 saturated carbocycles. The summed E-state index contributed by atoms with van der Waals surface area (Å²) in [4.78, 5) is 0. The molecule has 0 amide bonds. The molecule has 1 aliphatic rings. The molecule has 0 spiro atoms. The van der Waals surface area contributed by atoms with Crippen LogP contribution < -0.4 is 5.32 Å². The second-order valence-electron chi connectivity index (χ2n) is 7.09. The number of anilines is 2. The van der Waals surface area contributed by atoms with Crippen LogP contribution in [0.2, 0.25) is 0 Å². The highest BCUT2D eigenvalue weighted by molar-refractivity contribution is 6.18. The standard InChI is InChI=1S/C26H17N/c1-2-9-18-17(7-1)8-5-14-24(18)27-25-16-15-22-20-11-4-3-10-19(20)21-12-6-13-23(25)26(21)22/h1-16,27H. The first-order valence-corrected chi connectivity index (χ1v) is 9.30. The summed E-state index contributed by atoms with van der Waals surface area (Å²) in [6.45, 7) is 0. The van der Waals surface area contributed by atoms with Crippen LogP contribution in [0.1, 0.15) is 0 Å². The van der Waals surface area contributed by atoms with Gasteiger partial charge in [0.25, 0.3) is 0 Å². The predicted octanol–water partition coefficient (Wildman–Crippen LogP) is 7.38. The van der Waals surface area contributed by atoms with Crippen LogP contribution in [0, 0.1) is 0 Å². The summed E-state index contributed by atoms with van der Waals surface area (Å²) >= 11 is 0. The molecule has 1 N–H and O–H groups in total. The quantitative estimate of drug-likeness (QED) is 0.346. The summed E-state index contributed by atoms with van der Waals surface area (Å²) in [7, 11) is 0. The molecule has 0 aliphatic heterocycles. The van der Waals surface area contributed by atoms with Crippen molar-refractivity contribution in [2.75, 3.05) is 5.32 Å². The van der Waals surface area contributed by atoms with Gasteiger partial charge in [0.05, 0.1) is 0 Å². The molecule has 0 aromatic heterocycles. The van der Waals surface area contributed by atoms with Crippen LogP contribution >= 0.6 is 0 Å². The summed E-state index contributed by atoms with van der Waals surface area (Å²) in [5.41, 5.74) is 7.63. The van der Waals surface area contributed by atoms with Gasteiger partial charge in [-0.15, -0.1) is 0 Å². The van der Waals surface area contributed by atoms with E-state index in [1.165, 1.54) is 43.8 Å². The largest absolute Gasteiger partial charge is 0.355 e. The van der Waals surface area contributed by atoms with Crippen molar-refractivity contribution in [2.24, 2.45) is 0 Å². The highest BCUT2D eigenvalue weighted by Gasteiger charge is 2.21. The van der Waals surface area contributed by atoms with Crippen molar-refractivity contribution < 1.29 is 0 Å². The molecule has 6 rings (SSSR count). The lowest BCUT2D eigenvalue weighted by Gasteiger charge is -2.13. The van der Waals surface area contributed by atoms with E-state index in [1.54, 1.807) is 0 Å². The number of rotatable bonds is 2. The van der Waals surface area contributed by atoms with E-state index in [4.69, 9.17) is 0 Å². The summed E-state index contributed by atoms with van der Waals surface area (Å²) < 4.78 is 0. The number of fused-ring (bicyclic) bond motifs is 4. The number of nitrogens with one attached hydrogen (secondary N) is 1. The molecule has 0 saturated heterocycles. The minimum absolute atomic E-state index is 1.14. The molecular formula is C26H17N. The van der Waals surface area contributed by atoms with Gasteiger partial charge in [0.1, 0.15) is 0 Å². The minimum atomic E-state index is 1.14. The van der Waals surface area contributed by atoms with Crippen molar-refractivity contribution in [2.45, 2.75) is 0 Å². The second kappa shape index (κ2) is 5.46. The Morgan fingerprint density at radius 1 is 0.407 bits per heavy atom. The Hall–Kier alpha value is -3.58. The smallest absolute Gasteiger partial charge is 0.0464 e. The maximum Gasteiger partial charge on any atom is 0.0464 e. The van der Waals surface area contributed by atoms with Gasteiger partial charge in [0, 0.05) is 22.1 Å². The molecule has 0 bridgehead atoms. The zero-order valence-corrected chi connectivity index (χ0v) is 14.7. The Morgan fingerprint density at radius 3 is 1.89 bits per heavy atom. The van der Waals surface area contributed by atoms with Crippen molar-refractivity contribution in [3.8, 4) is 22.3 Å². The third-order valence-electron chi connectivity index (χ3n) is 5.61. The Labute approximate surface area is 157 Å². The normalized spacial score (nSPS) is 11.7. The highest BCUT2D eigenvalue weighted by Crippen LogP contribution is 2.48. The van der Waals surface area contributed by atoms with Crippen LogP contribution in [-0.4, -0.2) is 0 Å². The van der Waals surface area contributed by atoms with Crippen molar-refractivity contribution in [3.05, 3.63) is 97.1 Å². The number of hydrogen-bond donors (Lipinski definition) is 1. The lowest BCUT2D eigenvalue weighted by molar-refractivity contribution is 1.61. The van der Waals surface area contributed by atoms with Crippen LogP contribution in [0.25, 0.3) is 43.8 Å². The van der Waals surface area contributed by atoms with Gasteiger partial charge >= 0.3 is 0 Å². The third-order valence-corrected chi connectivity index (χ3v) is 5.61. The maximum atomic E-state index is 3.70. The van der Waals surface area contributed by atoms with Crippen LogP contribution in [0.3, 0.4) is 0 Å².